The van der Waals surface area contributed by atoms with Crippen molar-refractivity contribution in [1.29, 1.82) is 0 Å². The van der Waals surface area contributed by atoms with Gasteiger partial charge in [0.05, 0.1) is 0 Å². The summed E-state index contributed by atoms with van der Waals surface area (Å²) < 4.78 is 36.4. The van der Waals surface area contributed by atoms with Gasteiger partial charge in [0.15, 0.2) is 6.21 Å². The second-order valence-electron chi connectivity index (χ2n) is 5.25. The Balaban J connectivity index is 0.000000383. The van der Waals surface area contributed by atoms with Gasteiger partial charge in [-0.1, -0.05) is 6.08 Å². The highest BCUT2D eigenvalue weighted by atomic mass is 35.7. The van der Waals surface area contributed by atoms with E-state index in [-0.39, 0.29) is 0 Å². The van der Waals surface area contributed by atoms with E-state index in [0.717, 1.165) is 0 Å². The Morgan fingerprint density at radius 1 is 1.00 bits per heavy atom. The van der Waals surface area contributed by atoms with E-state index in [9.17, 15) is 0 Å². The Kier molecular flexibility index (Phi) is 7.92. The molecule has 2 aliphatic rings. The molecule has 120 valence electrons. The van der Waals surface area contributed by atoms with E-state index in [4.69, 9.17) is 18.6 Å². The molecule has 0 amide bonds. The maximum Gasteiger partial charge on any atom is 0.166 e. The highest BCUT2D eigenvalue weighted by Gasteiger charge is 2.11. The monoisotopic (exact) mass is 318 g/mol. The normalized spacial score (nSPS) is 20.0. The largest absolute Gasteiger partial charge is 0.377 e. The first kappa shape index (κ1) is 18.1. The highest BCUT2D eigenvalue weighted by molar-refractivity contribution is 5.73. The molecule has 2 aliphatic heterocycles. The lowest BCUT2D eigenvalue weighted by Gasteiger charge is -2.17. The number of hydrogen-bond acceptors (Lipinski definition) is 5. The fourth-order valence-corrected chi connectivity index (χ4v) is 2.41. The molecular formula is C14H23ClN2O4. The summed E-state index contributed by atoms with van der Waals surface area (Å²) in [6, 6.07) is 0. The third-order valence-electron chi connectivity index (χ3n) is 3.32. The third kappa shape index (κ3) is 10.4. The molecule has 2 saturated heterocycles. The molecule has 0 unspecified atom stereocenters. The van der Waals surface area contributed by atoms with Crippen molar-refractivity contribution in [1.82, 2.24) is 4.90 Å². The van der Waals surface area contributed by atoms with Crippen LogP contribution in [0, 0.1) is 10.2 Å². The molecule has 0 spiro atoms. The average molecular weight is 319 g/mol. The summed E-state index contributed by atoms with van der Waals surface area (Å²) in [6.07, 6.45) is 14.3. The fraction of sp³-hybridized carbons (Fsp3) is 0.643. The van der Waals surface area contributed by atoms with Crippen molar-refractivity contribution < 1.29 is 33.5 Å². The van der Waals surface area contributed by atoms with Gasteiger partial charge in [0.2, 0.25) is 0 Å². The molecule has 2 rings (SSSR count). The lowest BCUT2D eigenvalue weighted by atomic mass is 10.3. The van der Waals surface area contributed by atoms with Gasteiger partial charge in [0.1, 0.15) is 13.1 Å². The number of likely N-dealkylation sites (tertiary alicyclic amines) is 1. The predicted octanol–water partition coefficient (Wildman–Crippen LogP) is -2.34. The zero-order chi connectivity index (χ0) is 15.7. The fourth-order valence-electron chi connectivity index (χ4n) is 2.41. The lowest BCUT2D eigenvalue weighted by Crippen LogP contribution is -2.68. The summed E-state index contributed by atoms with van der Waals surface area (Å²) in [6.45, 7) is 7.13. The molecule has 0 aromatic carbocycles. The molecule has 2 fully saturated rings. The molecule has 0 aromatic heterocycles. The quantitative estimate of drug-likeness (QED) is 0.429. The first-order valence-corrected chi connectivity index (χ1v) is 8.38. The zero-order valence-corrected chi connectivity index (χ0v) is 13.1. The molecule has 0 aromatic rings. The van der Waals surface area contributed by atoms with Crippen LogP contribution in [0.1, 0.15) is 32.6 Å². The Hall–Kier alpha value is -0.920. The van der Waals surface area contributed by atoms with Crippen LogP contribution in [0.2, 0.25) is 0 Å². The second kappa shape index (κ2) is 9.17. The lowest BCUT2D eigenvalue weighted by molar-refractivity contribution is -2.00. The van der Waals surface area contributed by atoms with Gasteiger partial charge in [0, 0.05) is 31.5 Å². The number of allylic oxidation sites excluding steroid dienone is 3. The summed E-state index contributed by atoms with van der Waals surface area (Å²) >= 11 is 0. The molecule has 0 atom stereocenters. The predicted molar refractivity (Wildman–Crippen MR) is 69.0 cm³/mol. The number of halogens is 1. The number of rotatable bonds is 3. The molecule has 0 saturated carbocycles. The maximum atomic E-state index is 8.49. The van der Waals surface area contributed by atoms with Crippen molar-refractivity contribution in [3.63, 3.8) is 0 Å². The first-order valence-electron chi connectivity index (χ1n) is 7.14. The van der Waals surface area contributed by atoms with Gasteiger partial charge in [-0.05, 0) is 32.0 Å². The standard InChI is InChI=1S/C14H23N2.ClHO4/c1-14(13-16-10-4-5-11-16)7-6-12-15-8-2-3-9-15;2-1(3,4)5/h6-7,12-13H,2-5,8-11H2,1H3;(H,2,3,4,5)/q+1;/p-1. The van der Waals surface area contributed by atoms with Gasteiger partial charge < -0.3 is 4.90 Å². The van der Waals surface area contributed by atoms with E-state index in [1.807, 2.05) is 0 Å². The van der Waals surface area contributed by atoms with E-state index < -0.39 is 10.2 Å². The molecule has 0 N–H and O–H groups in total. The Labute approximate surface area is 128 Å². The molecule has 0 radical (unpaired) electrons. The third-order valence-corrected chi connectivity index (χ3v) is 3.32. The van der Waals surface area contributed by atoms with Crippen LogP contribution >= 0.6 is 0 Å². The van der Waals surface area contributed by atoms with Crippen LogP contribution in [-0.2, 0) is 0 Å². The Morgan fingerprint density at radius 2 is 1.52 bits per heavy atom. The summed E-state index contributed by atoms with van der Waals surface area (Å²) in [5, 5.41) is 0. The SMILES string of the molecule is CC(=CC=CN1CCCC1)C=[N+]1CCCC1.[O-][Cl+3]([O-])([O-])[O-]. The van der Waals surface area contributed by atoms with Gasteiger partial charge in [-0.3, -0.25) is 0 Å². The van der Waals surface area contributed by atoms with Crippen molar-refractivity contribution in [2.24, 2.45) is 0 Å². The van der Waals surface area contributed by atoms with Crippen molar-refractivity contribution in [2.75, 3.05) is 26.2 Å². The van der Waals surface area contributed by atoms with E-state index in [2.05, 4.69) is 41.0 Å². The smallest absolute Gasteiger partial charge is 0.166 e. The van der Waals surface area contributed by atoms with Crippen LogP contribution in [0.15, 0.2) is 23.9 Å². The molecular weight excluding hydrogens is 296 g/mol. The van der Waals surface area contributed by atoms with Crippen LogP contribution < -0.4 is 18.6 Å². The first-order chi connectivity index (χ1) is 9.84. The van der Waals surface area contributed by atoms with Crippen LogP contribution in [0.4, 0.5) is 0 Å². The van der Waals surface area contributed by atoms with Crippen molar-refractivity contribution in [3.8, 4) is 0 Å². The Morgan fingerprint density at radius 3 is 2.05 bits per heavy atom. The van der Waals surface area contributed by atoms with Gasteiger partial charge in [-0.2, -0.15) is 0 Å². The van der Waals surface area contributed by atoms with E-state index in [1.165, 1.54) is 57.4 Å². The maximum absolute atomic E-state index is 8.49. The minimum Gasteiger partial charge on any atom is -0.377 e. The van der Waals surface area contributed by atoms with Crippen LogP contribution in [0.5, 0.6) is 0 Å². The van der Waals surface area contributed by atoms with Crippen LogP contribution in [0.3, 0.4) is 0 Å². The van der Waals surface area contributed by atoms with E-state index in [0.29, 0.717) is 0 Å². The van der Waals surface area contributed by atoms with Crippen LogP contribution in [0.25, 0.3) is 0 Å². The van der Waals surface area contributed by atoms with Crippen molar-refractivity contribution in [2.45, 2.75) is 32.6 Å². The number of hydrogen-bond donors (Lipinski definition) is 0. The molecule has 0 bridgehead atoms. The Bertz CT molecular complexity index is 382. The number of nitrogens with zero attached hydrogens (tertiary/aromatic N) is 2. The summed E-state index contributed by atoms with van der Waals surface area (Å²) in [5.74, 6) is 0. The molecule has 7 heteroatoms. The summed E-state index contributed by atoms with van der Waals surface area (Å²) in [7, 11) is -4.94. The molecule has 6 nitrogen and oxygen atoms in total. The molecule has 21 heavy (non-hydrogen) atoms. The zero-order valence-electron chi connectivity index (χ0n) is 12.4. The topological polar surface area (TPSA) is 98.5 Å². The van der Waals surface area contributed by atoms with Crippen molar-refractivity contribution >= 4 is 6.21 Å². The van der Waals surface area contributed by atoms with Gasteiger partial charge in [0.25, 0.3) is 0 Å². The molecule has 2 heterocycles. The minimum absolute atomic E-state index is 1.24. The van der Waals surface area contributed by atoms with Gasteiger partial charge in [-0.15, -0.1) is 10.2 Å². The van der Waals surface area contributed by atoms with Gasteiger partial charge in [-0.25, -0.2) is 23.2 Å². The highest BCUT2D eigenvalue weighted by Crippen LogP contribution is 2.07. The van der Waals surface area contributed by atoms with Crippen LogP contribution in [-0.4, -0.2) is 41.9 Å². The van der Waals surface area contributed by atoms with E-state index >= 15 is 0 Å². The molecule has 0 aliphatic carbocycles. The van der Waals surface area contributed by atoms with Gasteiger partial charge >= 0.3 is 0 Å². The minimum atomic E-state index is -4.94. The summed E-state index contributed by atoms with van der Waals surface area (Å²) in [4.78, 5) is 2.40. The van der Waals surface area contributed by atoms with E-state index in [1.54, 1.807) is 0 Å². The summed E-state index contributed by atoms with van der Waals surface area (Å²) in [5.41, 5.74) is 1.36. The van der Waals surface area contributed by atoms with Crippen molar-refractivity contribution in [3.05, 3.63) is 23.9 Å². The second-order valence-corrected chi connectivity index (χ2v) is 6.00. The average Bonchev–Trinajstić information content (AvgIpc) is 2.99.